The molecule has 0 aliphatic rings. The molecule has 0 N–H and O–H groups in total. The fraction of sp³-hybridized carbons (Fsp3) is 0.0233. The molecule has 0 saturated carbocycles. The van der Waals surface area contributed by atoms with Gasteiger partial charge in [0.25, 0.3) is 0 Å². The second kappa shape index (κ2) is 22.1. The Hall–Kier alpha value is -4.44. The molecule has 0 spiro atoms. The van der Waals surface area contributed by atoms with Crippen molar-refractivity contribution in [1.82, 2.24) is 19.4 Å². The van der Waals surface area contributed by atoms with Gasteiger partial charge in [0.1, 0.15) is 47.7 Å². The zero-order valence-corrected chi connectivity index (χ0v) is 33.6. The number of alkyl halides is 2. The maximum atomic E-state index is 6.94. The molecule has 8 aromatic rings. The van der Waals surface area contributed by atoms with Crippen LogP contribution in [0.1, 0.15) is 0 Å². The first-order valence-corrected chi connectivity index (χ1v) is 21.1. The van der Waals surface area contributed by atoms with E-state index in [4.69, 9.17) is 27.9 Å². The van der Waals surface area contributed by atoms with Gasteiger partial charge in [0.05, 0.1) is 5.34 Å². The van der Waals surface area contributed by atoms with Gasteiger partial charge in [-0.1, -0.05) is 97.1 Å². The van der Waals surface area contributed by atoms with E-state index in [0.29, 0.717) is 0 Å². The van der Waals surface area contributed by atoms with Crippen LogP contribution < -0.4 is 36.6 Å². The molecule has 6 aromatic carbocycles. The van der Waals surface area contributed by atoms with Crippen LogP contribution in [-0.2, 0) is 17.1 Å². The summed E-state index contributed by atoms with van der Waals surface area (Å²) >= 11 is 9.53. The van der Waals surface area contributed by atoms with Gasteiger partial charge in [-0.3, -0.25) is 0 Å². The largest absolute Gasteiger partial charge is 1.00 e. The third-order valence-corrected chi connectivity index (χ3v) is 13.6. The van der Waals surface area contributed by atoms with E-state index in [-0.39, 0.29) is 22.4 Å². The molecule has 0 saturated heterocycles. The zero-order chi connectivity index (χ0) is 36.5. The molecule has 5 nitrogen and oxygen atoms in total. The van der Waals surface area contributed by atoms with Crippen molar-refractivity contribution >= 4 is 78.4 Å². The molecule has 0 atom stereocenters. The van der Waals surface area contributed by atoms with Crippen LogP contribution in [0.5, 0.6) is 11.5 Å². The van der Waals surface area contributed by atoms with E-state index in [1.807, 2.05) is 24.5 Å². The normalized spacial score (nSPS) is 10.4. The molecular formula is C43H38BCl2CuN4OP2+2. The molecule has 8 rings (SSSR count). The Morgan fingerprint density at radius 2 is 0.741 bits per heavy atom. The topological polar surface area (TPSA) is 44.9 Å². The second-order valence-corrected chi connectivity index (χ2v) is 17.2. The Kier molecular flexibility index (Phi) is 16.6. The molecule has 272 valence electrons. The van der Waals surface area contributed by atoms with E-state index in [0.717, 1.165) is 11.5 Å². The number of benzene rings is 6. The number of nitrogens with zero attached hydrogens (tertiary/aromatic N) is 4. The number of ether oxygens (including phenoxy) is 1. The van der Waals surface area contributed by atoms with E-state index in [1.165, 1.54) is 31.8 Å². The summed E-state index contributed by atoms with van der Waals surface area (Å²) in [6.07, 6.45) is 7.14. The molecule has 2 aromatic heterocycles. The smallest absolute Gasteiger partial charge is 0.489 e. The van der Waals surface area contributed by atoms with Gasteiger partial charge >= 0.3 is 17.1 Å². The predicted octanol–water partition coefficient (Wildman–Crippen LogP) is 7.89. The van der Waals surface area contributed by atoms with Gasteiger partial charge in [-0.2, -0.15) is 0 Å². The molecule has 0 aliphatic heterocycles. The quantitative estimate of drug-likeness (QED) is 0.0801. The average Bonchev–Trinajstić information content (AvgIpc) is 3.94. The summed E-state index contributed by atoms with van der Waals surface area (Å²) in [5.74, 6) is 1.85. The van der Waals surface area contributed by atoms with Gasteiger partial charge in [-0.15, -0.1) is 23.2 Å². The molecule has 0 bridgehead atoms. The molecule has 2 radical (unpaired) electrons. The minimum Gasteiger partial charge on any atom is -0.489 e. The van der Waals surface area contributed by atoms with Crippen molar-refractivity contribution in [2.45, 2.75) is 0 Å². The van der Waals surface area contributed by atoms with Crippen molar-refractivity contribution in [3.8, 4) is 11.5 Å². The van der Waals surface area contributed by atoms with Gasteiger partial charge in [-0.05, 0) is 105 Å². The van der Waals surface area contributed by atoms with Crippen molar-refractivity contribution < 1.29 is 21.8 Å². The van der Waals surface area contributed by atoms with Crippen LogP contribution in [0.4, 0.5) is 0 Å². The van der Waals surface area contributed by atoms with Crippen molar-refractivity contribution in [3.63, 3.8) is 0 Å². The summed E-state index contributed by atoms with van der Waals surface area (Å²) in [5, 5.41) is 16.1. The van der Waals surface area contributed by atoms with Crippen LogP contribution in [0.25, 0.3) is 0 Å². The summed E-state index contributed by atoms with van der Waals surface area (Å²) in [4.78, 5) is 0. The summed E-state index contributed by atoms with van der Waals surface area (Å²) in [5.41, 5.74) is 0. The van der Waals surface area contributed by atoms with Gasteiger partial charge in [0.2, 0.25) is 0 Å². The second-order valence-electron chi connectivity index (χ2n) is 11.5. The average molecular weight is 834 g/mol. The van der Waals surface area contributed by atoms with Crippen molar-refractivity contribution in [2.24, 2.45) is 0 Å². The summed E-state index contributed by atoms with van der Waals surface area (Å²) in [7, 11) is -0.780. The molecule has 2 heterocycles. The van der Waals surface area contributed by atoms with Gasteiger partial charge in [0, 0.05) is 12.4 Å². The van der Waals surface area contributed by atoms with Gasteiger partial charge in [0.15, 0.2) is 11.5 Å². The zero-order valence-electron chi connectivity index (χ0n) is 29.2. The molecule has 0 aliphatic carbocycles. The van der Waals surface area contributed by atoms with Crippen LogP contribution in [0.3, 0.4) is 0 Å². The number of hydrogen-bond acceptors (Lipinski definition) is 3. The number of rotatable bonds is 10. The van der Waals surface area contributed by atoms with Crippen molar-refractivity contribution in [1.29, 1.82) is 0 Å². The molecule has 11 heteroatoms. The molecule has 0 amide bonds. The Bertz CT molecular complexity index is 1970. The fourth-order valence-electron chi connectivity index (χ4n) is 5.84. The van der Waals surface area contributed by atoms with E-state index in [1.54, 1.807) is 29.1 Å². The van der Waals surface area contributed by atoms with Crippen LogP contribution >= 0.6 is 39.0 Å². The first-order valence-electron chi connectivity index (χ1n) is 17.0. The maximum absolute atomic E-state index is 6.94. The molecule has 54 heavy (non-hydrogen) atoms. The van der Waals surface area contributed by atoms with Crippen molar-refractivity contribution in [2.75, 3.05) is 5.34 Å². The first-order chi connectivity index (χ1) is 26.2. The first kappa shape index (κ1) is 40.7. The predicted molar refractivity (Wildman–Crippen MR) is 231 cm³/mol. The van der Waals surface area contributed by atoms with Gasteiger partial charge < -0.3 is 13.9 Å². The Morgan fingerprint density at radius 1 is 0.444 bits per heavy atom. The maximum Gasteiger partial charge on any atom is 1.00 e. The number of halogens is 2. The summed E-state index contributed by atoms with van der Waals surface area (Å²) in [6.45, 7) is 0. The summed E-state index contributed by atoms with van der Waals surface area (Å²) < 4.78 is 10.3. The van der Waals surface area contributed by atoms with E-state index in [2.05, 4.69) is 180 Å². The molecular weight excluding hydrogens is 796 g/mol. The Balaban J connectivity index is 0.000000314. The monoisotopic (exact) mass is 832 g/mol. The third kappa shape index (κ3) is 11.3. The number of aromatic nitrogens is 4. The standard InChI is InChI=1S/C36H28OP2.C6H6BN4.CH2Cl2.Cu/c1-5-17-29(18-6-1)38(30-19-7-2-8-20-30)35-27-15-13-25-33(35)37-34-26-14-16-28-36(34)39(31-21-9-3-10-22-31)32-23-11-4-12-24-32;1-3-8-10(5-1)7-11-6-2-4-9-11;2-1-3;/h1-28H;1-6H;1H2;/q;-1;;+1/p+2. The van der Waals surface area contributed by atoms with E-state index in [9.17, 15) is 0 Å². The van der Waals surface area contributed by atoms with E-state index >= 15 is 0 Å². The SMILES string of the molecule is ClCCl.[B-](n1cccn1)n1cccn1.[Cu+].c1ccc([PH+](c2ccccc2)c2ccccc2Oc2ccccc2[PH+](c2ccccc2)c2ccccc2)cc1. The van der Waals surface area contributed by atoms with Crippen LogP contribution in [0.2, 0.25) is 0 Å². The summed E-state index contributed by atoms with van der Waals surface area (Å²) in [6, 6.07) is 64.3. The van der Waals surface area contributed by atoms with Crippen molar-refractivity contribution in [3.05, 3.63) is 207 Å². The van der Waals surface area contributed by atoms with Crippen LogP contribution in [0.15, 0.2) is 207 Å². The Labute approximate surface area is 341 Å². The van der Waals surface area contributed by atoms with Gasteiger partial charge in [-0.25, -0.2) is 10.2 Å². The molecule has 0 unspecified atom stereocenters. The fourth-order valence-corrected chi connectivity index (χ4v) is 11.1. The van der Waals surface area contributed by atoms with Crippen LogP contribution in [-0.4, -0.2) is 32.3 Å². The molecule has 0 fully saturated rings. The minimum absolute atomic E-state index is 0. The third-order valence-electron chi connectivity index (χ3n) is 8.07. The number of para-hydroxylation sites is 2. The minimum atomic E-state index is -1.28. The van der Waals surface area contributed by atoms with Crippen LogP contribution in [0, 0.1) is 0 Å². The number of hydrogen-bond donors (Lipinski definition) is 0. The Morgan fingerprint density at radius 3 is 1.04 bits per heavy atom. The van der Waals surface area contributed by atoms with E-state index < -0.39 is 15.8 Å².